The standard InChI is InChI=1S/C16H12N2O/c1-12-18-15-11-17-10-9-13(15)7-8-14-5-3-2-4-6-16(14)19-12/h2-3,5-7,9-11H,1,8H2/b13-7-,18-15?. The summed E-state index contributed by atoms with van der Waals surface area (Å²) < 4.78 is 5.69. The Hall–Kier alpha value is -2.64. The van der Waals surface area contributed by atoms with Crippen LogP contribution in [0.25, 0.3) is 6.08 Å². The summed E-state index contributed by atoms with van der Waals surface area (Å²) in [4.78, 5) is 8.43. The molecule has 0 saturated carbocycles. The first-order chi connectivity index (χ1) is 9.33. The van der Waals surface area contributed by atoms with Crippen LogP contribution >= 0.6 is 0 Å². The molecule has 1 aliphatic heterocycles. The Morgan fingerprint density at radius 2 is 2.32 bits per heavy atom. The molecule has 0 aromatic carbocycles. The highest BCUT2D eigenvalue weighted by atomic mass is 16.5. The number of aromatic nitrogens is 1. The maximum atomic E-state index is 5.69. The highest BCUT2D eigenvalue weighted by Crippen LogP contribution is 2.19. The fourth-order valence-electron chi connectivity index (χ4n) is 1.95. The van der Waals surface area contributed by atoms with E-state index in [9.17, 15) is 0 Å². The Balaban J connectivity index is 2.18. The maximum absolute atomic E-state index is 5.69. The summed E-state index contributed by atoms with van der Waals surface area (Å²) in [6, 6.07) is 1.94. The molecule has 0 amide bonds. The number of allylic oxidation sites excluding steroid dienone is 4. The number of rotatable bonds is 0. The number of hydrogen-bond acceptors (Lipinski definition) is 3. The molecule has 3 rings (SSSR count). The fraction of sp³-hybridized carbons (Fsp3) is 0.0625. The largest absolute Gasteiger partial charge is 0.439 e. The average molecular weight is 248 g/mol. The van der Waals surface area contributed by atoms with Crippen LogP contribution in [0.15, 0.2) is 77.3 Å². The molecule has 2 heterocycles. The molecule has 19 heavy (non-hydrogen) atoms. The van der Waals surface area contributed by atoms with Crippen molar-refractivity contribution in [3.63, 3.8) is 0 Å². The van der Waals surface area contributed by atoms with Gasteiger partial charge in [0.05, 0.1) is 11.6 Å². The smallest absolute Gasteiger partial charge is 0.212 e. The quantitative estimate of drug-likeness (QED) is 0.657. The van der Waals surface area contributed by atoms with E-state index >= 15 is 0 Å². The summed E-state index contributed by atoms with van der Waals surface area (Å²) in [5.74, 6) is 1.08. The monoisotopic (exact) mass is 248 g/mol. The molecule has 0 N–H and O–H groups in total. The highest BCUT2D eigenvalue weighted by molar-refractivity contribution is 5.41. The van der Waals surface area contributed by atoms with Gasteiger partial charge in [0.15, 0.2) is 0 Å². The van der Waals surface area contributed by atoms with Gasteiger partial charge in [0.1, 0.15) is 5.76 Å². The molecule has 0 saturated heterocycles. The normalized spacial score (nSPS) is 18.7. The van der Waals surface area contributed by atoms with Crippen molar-refractivity contribution < 1.29 is 4.74 Å². The van der Waals surface area contributed by atoms with Gasteiger partial charge in [-0.25, -0.2) is 4.99 Å². The van der Waals surface area contributed by atoms with Crippen molar-refractivity contribution in [2.24, 2.45) is 4.99 Å². The minimum absolute atomic E-state index is 0.352. The van der Waals surface area contributed by atoms with Gasteiger partial charge < -0.3 is 4.74 Å². The van der Waals surface area contributed by atoms with Crippen LogP contribution in [0.5, 0.6) is 0 Å². The number of ether oxygens (including phenoxy) is 1. The zero-order valence-electron chi connectivity index (χ0n) is 10.3. The van der Waals surface area contributed by atoms with Crippen molar-refractivity contribution in [1.82, 2.24) is 4.98 Å². The predicted molar refractivity (Wildman–Crippen MR) is 73.1 cm³/mol. The van der Waals surface area contributed by atoms with Crippen LogP contribution in [0.1, 0.15) is 6.42 Å². The Labute approximate surface area is 111 Å². The first-order valence-corrected chi connectivity index (χ1v) is 6.01. The van der Waals surface area contributed by atoms with Crippen molar-refractivity contribution in [3.05, 3.63) is 82.9 Å². The predicted octanol–water partition coefficient (Wildman–Crippen LogP) is 1.91. The van der Waals surface area contributed by atoms with Gasteiger partial charge in [0, 0.05) is 12.3 Å². The van der Waals surface area contributed by atoms with E-state index in [1.54, 1.807) is 18.5 Å². The maximum Gasteiger partial charge on any atom is 0.212 e. The lowest BCUT2D eigenvalue weighted by molar-refractivity contribution is 0.313. The molecule has 3 heteroatoms. The zero-order valence-corrected chi connectivity index (χ0v) is 10.3. The summed E-state index contributed by atoms with van der Waals surface area (Å²) in [6.07, 6.45) is 14.0. The van der Waals surface area contributed by atoms with Gasteiger partial charge in [-0.05, 0) is 35.9 Å². The summed E-state index contributed by atoms with van der Waals surface area (Å²) in [7, 11) is 0. The number of pyridine rings is 1. The van der Waals surface area contributed by atoms with Gasteiger partial charge in [0.2, 0.25) is 5.88 Å². The molecule has 2 aliphatic rings. The second-order valence-electron chi connectivity index (χ2n) is 4.18. The molecule has 0 bridgehead atoms. The van der Waals surface area contributed by atoms with Gasteiger partial charge in [-0.3, -0.25) is 4.98 Å². The molecular formula is C16H12N2O. The SMILES string of the molecule is C=C1N=c2cncc/c2=C/CC2=C(C=C=CC=C2)O1. The van der Waals surface area contributed by atoms with Gasteiger partial charge in [0.25, 0.3) is 0 Å². The molecule has 0 atom stereocenters. The van der Waals surface area contributed by atoms with E-state index in [0.717, 1.165) is 28.3 Å². The number of hydrogen-bond donors (Lipinski definition) is 0. The minimum Gasteiger partial charge on any atom is -0.439 e. The van der Waals surface area contributed by atoms with Crippen LogP contribution in [0.3, 0.4) is 0 Å². The highest BCUT2D eigenvalue weighted by Gasteiger charge is 2.07. The molecule has 0 fully saturated rings. The van der Waals surface area contributed by atoms with Gasteiger partial charge in [-0.15, -0.1) is 5.73 Å². The summed E-state index contributed by atoms with van der Waals surface area (Å²) in [5, 5.41) is 1.80. The third-order valence-electron chi connectivity index (χ3n) is 2.87. The first-order valence-electron chi connectivity index (χ1n) is 6.01. The van der Waals surface area contributed by atoms with Gasteiger partial charge >= 0.3 is 0 Å². The van der Waals surface area contributed by atoms with E-state index in [0.29, 0.717) is 5.88 Å². The molecule has 1 aromatic heterocycles. The van der Waals surface area contributed by atoms with E-state index in [2.05, 4.69) is 28.4 Å². The molecular weight excluding hydrogens is 236 g/mol. The lowest BCUT2D eigenvalue weighted by Gasteiger charge is -2.07. The second kappa shape index (κ2) is 4.92. The molecule has 0 radical (unpaired) electrons. The Morgan fingerprint density at radius 3 is 3.26 bits per heavy atom. The minimum atomic E-state index is 0.352. The summed E-state index contributed by atoms with van der Waals surface area (Å²) in [6.45, 7) is 3.83. The second-order valence-corrected chi connectivity index (χ2v) is 4.18. The van der Waals surface area contributed by atoms with E-state index in [1.165, 1.54) is 0 Å². The van der Waals surface area contributed by atoms with E-state index in [-0.39, 0.29) is 0 Å². The third-order valence-corrected chi connectivity index (χ3v) is 2.87. The Bertz CT molecular complexity index is 775. The van der Waals surface area contributed by atoms with Crippen LogP contribution in [-0.4, -0.2) is 4.98 Å². The van der Waals surface area contributed by atoms with E-state index < -0.39 is 0 Å². The lowest BCUT2D eigenvalue weighted by atomic mass is 10.1. The van der Waals surface area contributed by atoms with E-state index in [1.807, 2.05) is 24.3 Å². The average Bonchev–Trinajstić information content (AvgIpc) is 2.59. The van der Waals surface area contributed by atoms with Crippen molar-refractivity contribution in [2.45, 2.75) is 6.42 Å². The molecule has 0 unspecified atom stereocenters. The zero-order chi connectivity index (χ0) is 13.1. The topological polar surface area (TPSA) is 34.5 Å². The third kappa shape index (κ3) is 2.46. The van der Waals surface area contributed by atoms with Crippen LogP contribution in [0.4, 0.5) is 0 Å². The van der Waals surface area contributed by atoms with Crippen molar-refractivity contribution >= 4 is 6.08 Å². The number of fused-ring (bicyclic) bond motifs is 1. The molecule has 92 valence electrons. The Kier molecular flexibility index (Phi) is 2.97. The van der Waals surface area contributed by atoms with Gasteiger partial charge in [-0.2, -0.15) is 0 Å². The number of nitrogens with zero attached hydrogens (tertiary/aromatic N) is 2. The van der Waals surface area contributed by atoms with Crippen LogP contribution < -0.4 is 10.6 Å². The van der Waals surface area contributed by atoms with Crippen LogP contribution in [0.2, 0.25) is 0 Å². The van der Waals surface area contributed by atoms with Crippen LogP contribution in [0, 0.1) is 0 Å². The van der Waals surface area contributed by atoms with E-state index in [4.69, 9.17) is 4.74 Å². The first kappa shape index (κ1) is 11.5. The Morgan fingerprint density at radius 1 is 1.37 bits per heavy atom. The van der Waals surface area contributed by atoms with Crippen LogP contribution in [-0.2, 0) is 4.74 Å². The lowest BCUT2D eigenvalue weighted by Crippen LogP contribution is -2.25. The molecule has 3 nitrogen and oxygen atoms in total. The van der Waals surface area contributed by atoms with Crippen molar-refractivity contribution in [3.8, 4) is 0 Å². The summed E-state index contributed by atoms with van der Waals surface area (Å²) in [5.41, 5.74) is 4.10. The molecule has 1 aromatic rings. The molecule has 0 spiro atoms. The fourth-order valence-corrected chi connectivity index (χ4v) is 1.95. The summed E-state index contributed by atoms with van der Waals surface area (Å²) >= 11 is 0. The molecule has 1 aliphatic carbocycles. The van der Waals surface area contributed by atoms with Gasteiger partial charge in [-0.1, -0.05) is 18.2 Å². The van der Waals surface area contributed by atoms with Crippen molar-refractivity contribution in [2.75, 3.05) is 0 Å². The van der Waals surface area contributed by atoms with Crippen molar-refractivity contribution in [1.29, 1.82) is 0 Å².